The number of aromatic carboxylic acids is 1. The van der Waals surface area contributed by atoms with Gasteiger partial charge in [0.15, 0.2) is 0 Å². The Hall–Kier alpha value is -9.37. The monoisotopic (exact) mass is 1050 g/mol. The highest BCUT2D eigenvalue weighted by Crippen LogP contribution is 2.22. The molecule has 5 aromatic rings. The first-order valence-corrected chi connectivity index (χ1v) is 21.2. The Morgan fingerprint density at radius 3 is 1.21 bits per heavy atom. The summed E-state index contributed by atoms with van der Waals surface area (Å²) < 4.78 is 22.5. The van der Waals surface area contributed by atoms with Gasteiger partial charge in [-0.05, 0) is 89.0 Å². The summed E-state index contributed by atoms with van der Waals surface area (Å²) in [4.78, 5) is 98.9. The van der Waals surface area contributed by atoms with E-state index in [1.807, 2.05) is 0 Å². The average Bonchev–Trinajstić information content (AvgIpc) is 3.43. The molecule has 26 heteroatoms. The fourth-order valence-electron chi connectivity index (χ4n) is 5.77. The van der Waals surface area contributed by atoms with E-state index in [4.69, 9.17) is 31.3 Å². The number of carboxylic acid groups (broad SMARTS) is 1. The standard InChI is InChI=1S/C12H15NO4.C10H13NO3.C9H7NO6.C9H9NO5.C9H11NO3/c1-8(15)13(2)11-5-9(7-14)4-10(6-11)12(16)17-3;1-11-9-4-7(6-12)3-8(5-9)10(13)14-2;1-16-9(13)6-2-5(8(11)12)3-7(4-6)10(14)15;1-15-9(12)7-2-6(5-11)3-8(4-7)10(13)14;1-13-9(12)7-2-6(5-11)3-8(10)4-7/h4-6,14H,7H2,1-3H3;3-5,11-12H,6H2,1-2H3;2-4H,1H3,(H,11,12);2-4,11H,5H2,1H3;2-4,11H,5,10H2,1H3. The van der Waals surface area contributed by atoms with Gasteiger partial charge in [0.1, 0.15) is 0 Å². The zero-order chi connectivity index (χ0) is 57.1. The molecule has 0 saturated carbocycles. The lowest BCUT2D eigenvalue weighted by Crippen LogP contribution is -2.23. The zero-order valence-electron chi connectivity index (χ0n) is 41.7. The van der Waals surface area contributed by atoms with Crippen molar-refractivity contribution in [2.45, 2.75) is 33.4 Å². The lowest BCUT2D eigenvalue weighted by Gasteiger charge is -2.16. The number of nitrogens with zero attached hydrogens (tertiary/aromatic N) is 3. The van der Waals surface area contributed by atoms with Crippen LogP contribution >= 0.6 is 0 Å². The number of nitrogens with two attached hydrogens (primary N) is 1. The fourth-order valence-corrected chi connectivity index (χ4v) is 5.77. The lowest BCUT2D eigenvalue weighted by atomic mass is 10.1. The topological polar surface area (TPSA) is 394 Å². The number of aliphatic hydroxyl groups is 4. The van der Waals surface area contributed by atoms with Crippen LogP contribution in [0.1, 0.15) is 91.3 Å². The molecule has 0 saturated heterocycles. The van der Waals surface area contributed by atoms with Crippen LogP contribution in [0, 0.1) is 20.2 Å². The summed E-state index contributed by atoms with van der Waals surface area (Å²) in [5, 5.41) is 68.3. The molecule has 1 amide bonds. The molecule has 8 N–H and O–H groups in total. The van der Waals surface area contributed by atoms with Gasteiger partial charge < -0.3 is 65.2 Å². The van der Waals surface area contributed by atoms with E-state index < -0.39 is 51.3 Å². The van der Waals surface area contributed by atoms with Gasteiger partial charge in [-0.1, -0.05) is 0 Å². The minimum atomic E-state index is -1.35. The highest BCUT2D eigenvalue weighted by Gasteiger charge is 2.19. The number of hydrogen-bond donors (Lipinski definition) is 7. The quantitative estimate of drug-likeness (QED) is 0.0265. The number of aliphatic hydroxyl groups excluding tert-OH is 4. The molecule has 5 aromatic carbocycles. The largest absolute Gasteiger partial charge is 0.478 e. The predicted octanol–water partition coefficient (Wildman–Crippen LogP) is 4.46. The van der Waals surface area contributed by atoms with E-state index in [0.717, 1.165) is 37.1 Å². The number of carbonyl (C=O) groups excluding carboxylic acids is 6. The van der Waals surface area contributed by atoms with Gasteiger partial charge in [0.25, 0.3) is 11.4 Å². The van der Waals surface area contributed by atoms with Crippen molar-refractivity contribution < 1.29 is 92.6 Å². The molecule has 75 heavy (non-hydrogen) atoms. The number of hydrogen-bond acceptors (Lipinski definition) is 22. The van der Waals surface area contributed by atoms with Crippen molar-refractivity contribution in [3.05, 3.63) is 167 Å². The van der Waals surface area contributed by atoms with E-state index in [-0.39, 0.29) is 54.7 Å². The number of benzene rings is 5. The SMILES string of the molecule is CNc1cc(CO)cc(C(=O)OC)c1.COC(=O)c1cc(C(=O)O)cc([N+](=O)[O-])c1.COC(=O)c1cc(CO)cc(N(C)C(C)=O)c1.COC(=O)c1cc(CO)cc([N+](=O)[O-])c1.COC(=O)c1cc(N)cc(CO)c1. The number of nitro benzene ring substituents is 2. The molecule has 0 atom stereocenters. The van der Waals surface area contributed by atoms with E-state index in [2.05, 4.69) is 29.0 Å². The van der Waals surface area contributed by atoms with Gasteiger partial charge in [0, 0.05) is 62.3 Å². The van der Waals surface area contributed by atoms with Crippen LogP contribution in [0.3, 0.4) is 0 Å². The Morgan fingerprint density at radius 1 is 0.507 bits per heavy atom. The molecular weight excluding hydrogens is 995 g/mol. The third-order valence-electron chi connectivity index (χ3n) is 9.53. The molecule has 26 nitrogen and oxygen atoms in total. The Bertz CT molecular complexity index is 2800. The zero-order valence-corrected chi connectivity index (χ0v) is 41.7. The van der Waals surface area contributed by atoms with Gasteiger partial charge in [-0.25, -0.2) is 28.8 Å². The van der Waals surface area contributed by atoms with E-state index in [9.17, 15) is 53.8 Å². The Balaban J connectivity index is 0.000000470. The summed E-state index contributed by atoms with van der Waals surface area (Å²) in [6.07, 6.45) is 0. The molecular formula is C49H55N5O21. The smallest absolute Gasteiger partial charge is 0.338 e. The molecule has 0 bridgehead atoms. The molecule has 0 fully saturated rings. The minimum Gasteiger partial charge on any atom is -0.478 e. The Kier molecular flexibility index (Phi) is 27.0. The fraction of sp³-hybridized carbons (Fsp3) is 0.245. The first-order valence-electron chi connectivity index (χ1n) is 21.2. The third kappa shape index (κ3) is 20.7. The Morgan fingerprint density at radius 2 is 0.840 bits per heavy atom. The summed E-state index contributed by atoms with van der Waals surface area (Å²) in [7, 11) is 9.53. The van der Waals surface area contributed by atoms with Crippen LogP contribution in [0.2, 0.25) is 0 Å². The number of non-ortho nitro benzene ring substituents is 2. The van der Waals surface area contributed by atoms with E-state index in [1.165, 1.54) is 64.5 Å². The van der Waals surface area contributed by atoms with Crippen LogP contribution in [-0.2, 0) is 54.9 Å². The first kappa shape index (κ1) is 63.6. The molecule has 0 radical (unpaired) electrons. The van der Waals surface area contributed by atoms with Crippen molar-refractivity contribution in [2.75, 3.05) is 65.6 Å². The maximum atomic E-state index is 11.4. The van der Waals surface area contributed by atoms with Crippen molar-refractivity contribution in [1.29, 1.82) is 0 Å². The average molecular weight is 1050 g/mol. The van der Waals surface area contributed by atoms with Crippen LogP contribution in [-0.4, -0.2) is 127 Å². The van der Waals surface area contributed by atoms with E-state index >= 15 is 0 Å². The molecule has 0 unspecified atom stereocenters. The number of nitrogen functional groups attached to an aromatic ring is 1. The van der Waals surface area contributed by atoms with Crippen molar-refractivity contribution >= 4 is 70.2 Å². The molecule has 0 heterocycles. The molecule has 402 valence electrons. The van der Waals surface area contributed by atoms with Gasteiger partial charge in [-0.2, -0.15) is 0 Å². The number of amides is 1. The third-order valence-corrected chi connectivity index (χ3v) is 9.53. The van der Waals surface area contributed by atoms with E-state index in [0.29, 0.717) is 50.3 Å². The highest BCUT2D eigenvalue weighted by molar-refractivity contribution is 5.97. The van der Waals surface area contributed by atoms with Gasteiger partial charge >= 0.3 is 35.8 Å². The maximum absolute atomic E-state index is 11.4. The molecule has 0 aliphatic carbocycles. The number of nitrogens with one attached hydrogen (secondary N) is 1. The van der Waals surface area contributed by atoms with E-state index in [1.54, 1.807) is 56.6 Å². The second kappa shape index (κ2) is 31.9. The summed E-state index contributed by atoms with van der Waals surface area (Å²) in [5.74, 6) is -4.37. The normalized spacial score (nSPS) is 9.71. The minimum absolute atomic E-state index is 0.0516. The van der Waals surface area contributed by atoms with Gasteiger partial charge in [-0.15, -0.1) is 0 Å². The number of ether oxygens (including phenoxy) is 5. The van der Waals surface area contributed by atoms with Crippen molar-refractivity contribution in [3.8, 4) is 0 Å². The van der Waals surface area contributed by atoms with Gasteiger partial charge in [0.2, 0.25) is 5.91 Å². The number of rotatable bonds is 14. The number of esters is 5. The van der Waals surface area contributed by atoms with Crippen LogP contribution < -0.4 is 16.0 Å². The van der Waals surface area contributed by atoms with Crippen LogP contribution in [0.15, 0.2) is 91.0 Å². The summed E-state index contributed by atoms with van der Waals surface area (Å²) in [6, 6.07) is 20.9. The highest BCUT2D eigenvalue weighted by atomic mass is 16.6. The summed E-state index contributed by atoms with van der Waals surface area (Å²) >= 11 is 0. The Labute approximate surface area is 427 Å². The number of anilines is 3. The van der Waals surface area contributed by atoms with Gasteiger partial charge in [-0.3, -0.25) is 25.0 Å². The molecule has 0 aliphatic rings. The summed E-state index contributed by atoms with van der Waals surface area (Å²) in [6.45, 7) is 0.604. The van der Waals surface area contributed by atoms with Crippen LogP contribution in [0.5, 0.6) is 0 Å². The number of carbonyl (C=O) groups is 7. The van der Waals surface area contributed by atoms with Crippen molar-refractivity contribution in [2.24, 2.45) is 0 Å². The van der Waals surface area contributed by atoms with Crippen molar-refractivity contribution in [3.63, 3.8) is 0 Å². The van der Waals surface area contributed by atoms with Crippen LogP contribution in [0.4, 0.5) is 28.4 Å². The lowest BCUT2D eigenvalue weighted by molar-refractivity contribution is -0.385. The van der Waals surface area contributed by atoms with Crippen molar-refractivity contribution in [1.82, 2.24) is 0 Å². The molecule has 5 rings (SSSR count). The number of carboxylic acids is 1. The maximum Gasteiger partial charge on any atom is 0.338 e. The molecule has 0 aromatic heterocycles. The second-order valence-electron chi connectivity index (χ2n) is 14.7. The predicted molar refractivity (Wildman–Crippen MR) is 266 cm³/mol. The summed E-state index contributed by atoms with van der Waals surface area (Å²) in [5.41, 5.74) is 9.31. The number of nitro groups is 2. The molecule has 0 spiro atoms. The van der Waals surface area contributed by atoms with Crippen LogP contribution in [0.25, 0.3) is 0 Å². The second-order valence-corrected chi connectivity index (χ2v) is 14.7. The first-order chi connectivity index (χ1) is 35.4. The molecule has 0 aliphatic heterocycles. The number of methoxy groups -OCH3 is 5. The van der Waals surface area contributed by atoms with Gasteiger partial charge in [0.05, 0.1) is 105 Å².